The molecule has 0 bridgehead atoms. The van der Waals surface area contributed by atoms with E-state index in [9.17, 15) is 4.79 Å². The Labute approximate surface area is 195 Å². The topological polar surface area (TPSA) is 89.4 Å². The number of hydrogen-bond donors (Lipinski definition) is 2. The highest BCUT2D eigenvalue weighted by molar-refractivity contribution is 6.00. The van der Waals surface area contributed by atoms with Gasteiger partial charge in [0.1, 0.15) is 18.1 Å². The second kappa shape index (κ2) is 12.1. The van der Waals surface area contributed by atoms with E-state index in [1.807, 2.05) is 55.5 Å². The molecule has 0 radical (unpaired) electrons. The molecule has 2 aromatic rings. The lowest BCUT2D eigenvalue weighted by molar-refractivity contribution is -0.126. The van der Waals surface area contributed by atoms with E-state index >= 15 is 0 Å². The van der Waals surface area contributed by atoms with Crippen molar-refractivity contribution in [3.63, 3.8) is 0 Å². The van der Waals surface area contributed by atoms with E-state index in [-0.39, 0.29) is 19.1 Å². The van der Waals surface area contributed by atoms with Crippen molar-refractivity contribution in [2.75, 3.05) is 33.0 Å². The minimum atomic E-state index is -1.03. The standard InChI is InChI=1S/C26H32N2O5/c1-3-15-26(25(30)27-16-14-20-8-5-6-9-23(20)31-4-2)19-33-24(28-26)21-10-12-22(13-11-21)32-18-7-17-29/h3,5-6,8-13,29H,1,4,7,14-19H2,2H3,(H,27,30)/t26-/m1/s1. The van der Waals surface area contributed by atoms with Crippen LogP contribution in [0.4, 0.5) is 0 Å². The van der Waals surface area contributed by atoms with Crippen LogP contribution < -0.4 is 14.8 Å². The predicted octanol–water partition coefficient (Wildman–Crippen LogP) is 3.30. The first-order chi connectivity index (χ1) is 16.1. The predicted molar refractivity (Wildman–Crippen MR) is 128 cm³/mol. The fourth-order valence-electron chi connectivity index (χ4n) is 3.58. The van der Waals surface area contributed by atoms with Gasteiger partial charge < -0.3 is 24.6 Å². The van der Waals surface area contributed by atoms with E-state index in [4.69, 9.17) is 19.3 Å². The minimum Gasteiger partial charge on any atom is -0.494 e. The number of aliphatic imine (C=N–C) groups is 1. The lowest BCUT2D eigenvalue weighted by Crippen LogP contribution is -2.47. The number of carbonyl (C=O) groups excluding carboxylic acids is 1. The van der Waals surface area contributed by atoms with Gasteiger partial charge in [-0.05, 0) is 49.2 Å². The second-order valence-electron chi connectivity index (χ2n) is 7.73. The molecule has 0 saturated heterocycles. The molecule has 2 aromatic carbocycles. The molecule has 1 heterocycles. The Morgan fingerprint density at radius 1 is 1.24 bits per heavy atom. The number of nitrogens with zero attached hydrogens (tertiary/aromatic N) is 1. The molecule has 7 heteroatoms. The fraction of sp³-hybridized carbons (Fsp3) is 0.385. The van der Waals surface area contributed by atoms with Crippen LogP contribution in [-0.4, -0.2) is 55.4 Å². The van der Waals surface area contributed by atoms with E-state index in [1.165, 1.54) is 0 Å². The van der Waals surface area contributed by atoms with Crippen molar-refractivity contribution in [1.29, 1.82) is 0 Å². The van der Waals surface area contributed by atoms with Crippen molar-refractivity contribution in [3.8, 4) is 11.5 Å². The molecule has 176 valence electrons. The van der Waals surface area contributed by atoms with Gasteiger partial charge in [0.2, 0.25) is 5.90 Å². The number of carbonyl (C=O) groups is 1. The summed E-state index contributed by atoms with van der Waals surface area (Å²) in [6.45, 7) is 7.51. The Kier molecular flexibility index (Phi) is 8.89. The number of rotatable bonds is 13. The highest BCUT2D eigenvalue weighted by Gasteiger charge is 2.43. The molecule has 0 spiro atoms. The van der Waals surface area contributed by atoms with Gasteiger partial charge in [-0.1, -0.05) is 24.3 Å². The fourth-order valence-corrected chi connectivity index (χ4v) is 3.58. The molecule has 0 saturated carbocycles. The zero-order chi connectivity index (χ0) is 23.5. The summed E-state index contributed by atoms with van der Waals surface area (Å²) in [7, 11) is 0. The van der Waals surface area contributed by atoms with Gasteiger partial charge in [-0.15, -0.1) is 6.58 Å². The molecule has 7 nitrogen and oxygen atoms in total. The normalized spacial score (nSPS) is 17.1. The highest BCUT2D eigenvalue weighted by Crippen LogP contribution is 2.27. The third-order valence-electron chi connectivity index (χ3n) is 5.29. The maximum absolute atomic E-state index is 13.1. The van der Waals surface area contributed by atoms with Gasteiger partial charge in [0.15, 0.2) is 5.54 Å². The Balaban J connectivity index is 1.64. The first-order valence-electron chi connectivity index (χ1n) is 11.3. The van der Waals surface area contributed by atoms with Crippen LogP contribution in [0, 0.1) is 0 Å². The van der Waals surface area contributed by atoms with E-state index in [0.717, 1.165) is 16.9 Å². The van der Waals surface area contributed by atoms with Crippen LogP contribution in [0.25, 0.3) is 0 Å². The number of aliphatic hydroxyl groups excluding tert-OH is 1. The molecule has 0 fully saturated rings. The number of nitrogens with one attached hydrogen (secondary N) is 1. The van der Waals surface area contributed by atoms with E-state index in [1.54, 1.807) is 6.08 Å². The van der Waals surface area contributed by atoms with Crippen molar-refractivity contribution < 1.29 is 24.1 Å². The maximum atomic E-state index is 13.1. The number of ether oxygens (including phenoxy) is 3. The summed E-state index contributed by atoms with van der Waals surface area (Å²) < 4.78 is 17.1. The third-order valence-corrected chi connectivity index (χ3v) is 5.29. The summed E-state index contributed by atoms with van der Waals surface area (Å²) in [5.41, 5.74) is 0.784. The van der Waals surface area contributed by atoms with Crippen molar-refractivity contribution >= 4 is 11.8 Å². The van der Waals surface area contributed by atoms with Gasteiger partial charge in [-0.3, -0.25) is 4.79 Å². The molecule has 0 aromatic heterocycles. The molecule has 0 aliphatic carbocycles. The zero-order valence-electron chi connectivity index (χ0n) is 19.1. The molecule has 1 atom stereocenters. The number of aliphatic hydroxyl groups is 1. The SMILES string of the molecule is C=CC[C@]1(C(=O)NCCc2ccccc2OCC)COC(c2ccc(OCCCO)cc2)=N1. The van der Waals surface area contributed by atoms with Crippen molar-refractivity contribution in [2.45, 2.75) is 31.7 Å². The monoisotopic (exact) mass is 452 g/mol. The summed E-state index contributed by atoms with van der Waals surface area (Å²) in [4.78, 5) is 17.8. The third kappa shape index (κ3) is 6.35. The first kappa shape index (κ1) is 24.3. The van der Waals surface area contributed by atoms with Gasteiger partial charge >= 0.3 is 0 Å². The van der Waals surface area contributed by atoms with Crippen molar-refractivity contribution in [1.82, 2.24) is 5.32 Å². The van der Waals surface area contributed by atoms with Crippen LogP contribution in [-0.2, 0) is 16.0 Å². The van der Waals surface area contributed by atoms with Crippen LogP contribution in [0.15, 0.2) is 66.2 Å². The number of amides is 1. The second-order valence-corrected chi connectivity index (χ2v) is 7.73. The van der Waals surface area contributed by atoms with Gasteiger partial charge in [-0.2, -0.15) is 0 Å². The van der Waals surface area contributed by atoms with Crippen molar-refractivity contribution in [3.05, 3.63) is 72.3 Å². The van der Waals surface area contributed by atoms with Gasteiger partial charge in [0.25, 0.3) is 5.91 Å². The number of hydrogen-bond acceptors (Lipinski definition) is 6. The van der Waals surface area contributed by atoms with Gasteiger partial charge in [0.05, 0.1) is 13.2 Å². The maximum Gasteiger partial charge on any atom is 0.251 e. The van der Waals surface area contributed by atoms with Crippen LogP contribution in [0.1, 0.15) is 30.9 Å². The smallest absolute Gasteiger partial charge is 0.251 e. The summed E-state index contributed by atoms with van der Waals surface area (Å²) in [5, 5.41) is 11.9. The largest absolute Gasteiger partial charge is 0.494 e. The lowest BCUT2D eigenvalue weighted by Gasteiger charge is -2.21. The Morgan fingerprint density at radius 3 is 2.76 bits per heavy atom. The van der Waals surface area contributed by atoms with Crippen LogP contribution >= 0.6 is 0 Å². The van der Waals surface area contributed by atoms with Gasteiger partial charge in [-0.25, -0.2) is 4.99 Å². The lowest BCUT2D eigenvalue weighted by atomic mass is 9.96. The van der Waals surface area contributed by atoms with Crippen LogP contribution in [0.3, 0.4) is 0 Å². The molecule has 33 heavy (non-hydrogen) atoms. The molecular formula is C26H32N2O5. The van der Waals surface area contributed by atoms with Gasteiger partial charge in [0, 0.05) is 31.6 Å². The summed E-state index contributed by atoms with van der Waals surface area (Å²) in [6, 6.07) is 15.2. The Morgan fingerprint density at radius 2 is 2.03 bits per heavy atom. The molecule has 3 rings (SSSR count). The van der Waals surface area contributed by atoms with Crippen LogP contribution in [0.2, 0.25) is 0 Å². The first-order valence-corrected chi connectivity index (χ1v) is 11.3. The Hall–Kier alpha value is -3.32. The zero-order valence-corrected chi connectivity index (χ0v) is 19.1. The minimum absolute atomic E-state index is 0.0925. The molecule has 1 aliphatic heterocycles. The molecule has 1 aliphatic rings. The molecule has 1 amide bonds. The quantitative estimate of drug-likeness (QED) is 0.360. The summed E-state index contributed by atoms with van der Waals surface area (Å²) >= 11 is 0. The summed E-state index contributed by atoms with van der Waals surface area (Å²) in [6.07, 6.45) is 3.30. The van der Waals surface area contributed by atoms with Crippen molar-refractivity contribution in [2.24, 2.45) is 4.99 Å². The molecular weight excluding hydrogens is 420 g/mol. The summed E-state index contributed by atoms with van der Waals surface area (Å²) in [5.74, 6) is 1.78. The molecule has 2 N–H and O–H groups in total. The Bertz CT molecular complexity index is 957. The van der Waals surface area contributed by atoms with E-state index in [0.29, 0.717) is 50.7 Å². The van der Waals surface area contributed by atoms with Crippen LogP contribution in [0.5, 0.6) is 11.5 Å². The van der Waals surface area contributed by atoms with E-state index in [2.05, 4.69) is 16.9 Å². The average Bonchev–Trinajstić information content (AvgIpc) is 3.26. The van der Waals surface area contributed by atoms with E-state index < -0.39 is 5.54 Å². The highest BCUT2D eigenvalue weighted by atomic mass is 16.5. The number of benzene rings is 2. The molecule has 0 unspecified atom stereocenters. The average molecular weight is 453 g/mol. The number of para-hydroxylation sites is 1.